The van der Waals surface area contributed by atoms with E-state index in [1.807, 2.05) is 0 Å². The highest BCUT2D eigenvalue weighted by Gasteiger charge is 2.29. The van der Waals surface area contributed by atoms with E-state index in [2.05, 4.69) is 6.07 Å². The molecule has 0 bridgehead atoms. The van der Waals surface area contributed by atoms with Crippen LogP contribution in [0.4, 0.5) is 8.78 Å². The van der Waals surface area contributed by atoms with E-state index >= 15 is 0 Å². The van der Waals surface area contributed by atoms with Gasteiger partial charge in [-0.2, -0.15) is 5.26 Å². The van der Waals surface area contributed by atoms with Gasteiger partial charge in [-0.25, -0.2) is 8.78 Å². The van der Waals surface area contributed by atoms with Gasteiger partial charge in [-0.15, -0.1) is 0 Å². The fraction of sp³-hybridized carbons (Fsp3) is 0.263. The molecule has 24 heavy (non-hydrogen) atoms. The Morgan fingerprint density at radius 1 is 1.12 bits per heavy atom. The van der Waals surface area contributed by atoms with Gasteiger partial charge in [0.05, 0.1) is 18.6 Å². The van der Waals surface area contributed by atoms with Crippen molar-refractivity contribution in [1.82, 2.24) is 0 Å². The number of esters is 1. The summed E-state index contributed by atoms with van der Waals surface area (Å²) in [4.78, 5) is 11.0. The molecule has 0 N–H and O–H groups in total. The van der Waals surface area contributed by atoms with Crippen LogP contribution in [-0.4, -0.2) is 12.6 Å². The van der Waals surface area contributed by atoms with Gasteiger partial charge in [0.1, 0.15) is 11.6 Å². The second-order valence-corrected chi connectivity index (χ2v) is 5.39. The van der Waals surface area contributed by atoms with Crippen LogP contribution in [0.2, 0.25) is 0 Å². The fourth-order valence-electron chi connectivity index (χ4n) is 2.73. The van der Waals surface area contributed by atoms with Crippen LogP contribution in [0.3, 0.4) is 0 Å². The number of nitrogens with zero attached hydrogens (tertiary/aromatic N) is 1. The minimum Gasteiger partial charge on any atom is -0.466 e. The van der Waals surface area contributed by atoms with E-state index in [0.29, 0.717) is 5.56 Å². The van der Waals surface area contributed by atoms with Crippen molar-refractivity contribution in [1.29, 1.82) is 5.26 Å². The van der Waals surface area contributed by atoms with E-state index in [4.69, 9.17) is 4.74 Å². The second-order valence-electron chi connectivity index (χ2n) is 5.39. The third-order valence-electron chi connectivity index (χ3n) is 3.80. The van der Waals surface area contributed by atoms with Crippen molar-refractivity contribution in [3.05, 3.63) is 71.3 Å². The van der Waals surface area contributed by atoms with Gasteiger partial charge in [-0.1, -0.05) is 36.4 Å². The number of carbonyl (C=O) groups excluding carboxylic acids is 1. The number of rotatable bonds is 6. The molecule has 2 rings (SSSR count). The Balaban J connectivity index is 2.42. The van der Waals surface area contributed by atoms with Crippen LogP contribution >= 0.6 is 0 Å². The second kappa shape index (κ2) is 8.21. The van der Waals surface area contributed by atoms with E-state index in [1.54, 1.807) is 30.3 Å². The Kier molecular flexibility index (Phi) is 6.02. The highest BCUT2D eigenvalue weighted by atomic mass is 19.1. The first-order valence-electron chi connectivity index (χ1n) is 7.56. The molecule has 2 aromatic carbocycles. The molecule has 2 unspecified atom stereocenters. The van der Waals surface area contributed by atoms with Gasteiger partial charge in [-0.05, 0) is 24.1 Å². The maximum Gasteiger partial charge on any atom is 0.302 e. The molecule has 2 aromatic rings. The normalized spacial score (nSPS) is 12.9. The van der Waals surface area contributed by atoms with Crippen LogP contribution in [0.25, 0.3) is 0 Å². The maximum absolute atomic E-state index is 14.2. The lowest BCUT2D eigenvalue weighted by atomic mass is 9.80. The van der Waals surface area contributed by atoms with Crippen molar-refractivity contribution in [2.45, 2.75) is 25.2 Å². The standard InChI is InChI=1S/C19H17F2NO2/c1-13(23)24-11-10-15(19-17(20)8-5-9-18(19)21)16(12-22)14-6-3-2-4-7-14/h2-9,15-16H,10-11H2,1H3. The van der Waals surface area contributed by atoms with Crippen LogP contribution in [0.1, 0.15) is 36.3 Å². The molecule has 0 aliphatic carbocycles. The Morgan fingerprint density at radius 3 is 2.29 bits per heavy atom. The van der Waals surface area contributed by atoms with Gasteiger partial charge in [-0.3, -0.25) is 4.79 Å². The first-order valence-corrected chi connectivity index (χ1v) is 7.56. The van der Waals surface area contributed by atoms with Crippen LogP contribution in [0.5, 0.6) is 0 Å². The molecular formula is C19H17F2NO2. The molecule has 5 heteroatoms. The van der Waals surface area contributed by atoms with Crippen LogP contribution in [0, 0.1) is 23.0 Å². The Bertz CT molecular complexity index is 721. The zero-order valence-corrected chi connectivity index (χ0v) is 13.2. The zero-order chi connectivity index (χ0) is 17.5. The average Bonchev–Trinajstić information content (AvgIpc) is 2.55. The summed E-state index contributed by atoms with van der Waals surface area (Å²) in [6.07, 6.45) is 0.143. The third-order valence-corrected chi connectivity index (χ3v) is 3.80. The summed E-state index contributed by atoms with van der Waals surface area (Å²) in [6, 6.07) is 14.6. The summed E-state index contributed by atoms with van der Waals surface area (Å²) in [5.74, 6) is -3.42. The summed E-state index contributed by atoms with van der Waals surface area (Å²) in [6.45, 7) is 1.25. The van der Waals surface area contributed by atoms with E-state index in [9.17, 15) is 18.8 Å². The molecule has 3 nitrogen and oxygen atoms in total. The van der Waals surface area contributed by atoms with Gasteiger partial charge in [0, 0.05) is 18.4 Å². The predicted octanol–water partition coefficient (Wildman–Crippen LogP) is 4.31. The van der Waals surface area contributed by atoms with Crippen molar-refractivity contribution in [2.24, 2.45) is 0 Å². The largest absolute Gasteiger partial charge is 0.466 e. The number of hydrogen-bond acceptors (Lipinski definition) is 3. The predicted molar refractivity (Wildman–Crippen MR) is 85.1 cm³/mol. The minimum atomic E-state index is -0.766. The Labute approximate surface area is 139 Å². The van der Waals surface area contributed by atoms with Gasteiger partial charge in [0.25, 0.3) is 0 Å². The van der Waals surface area contributed by atoms with Crippen LogP contribution in [0.15, 0.2) is 48.5 Å². The van der Waals surface area contributed by atoms with Crippen molar-refractivity contribution in [3.8, 4) is 6.07 Å². The molecule has 0 spiro atoms. The smallest absolute Gasteiger partial charge is 0.302 e. The Hall–Kier alpha value is -2.74. The summed E-state index contributed by atoms with van der Waals surface area (Å²) in [7, 11) is 0. The van der Waals surface area contributed by atoms with Crippen LogP contribution in [-0.2, 0) is 9.53 Å². The van der Waals surface area contributed by atoms with Crippen LogP contribution < -0.4 is 0 Å². The molecule has 124 valence electrons. The van der Waals surface area contributed by atoms with Gasteiger partial charge in [0.15, 0.2) is 0 Å². The van der Waals surface area contributed by atoms with E-state index < -0.39 is 29.4 Å². The van der Waals surface area contributed by atoms with E-state index in [0.717, 1.165) is 12.1 Å². The van der Waals surface area contributed by atoms with Crippen molar-refractivity contribution >= 4 is 5.97 Å². The molecule has 0 saturated carbocycles. The number of hydrogen-bond donors (Lipinski definition) is 0. The Morgan fingerprint density at radius 2 is 1.75 bits per heavy atom. The molecule has 0 heterocycles. The summed E-state index contributed by atoms with van der Waals surface area (Å²) in [5.41, 5.74) is 0.510. The molecule has 0 aliphatic rings. The molecule has 0 amide bonds. The molecular weight excluding hydrogens is 312 g/mol. The van der Waals surface area contributed by atoms with Gasteiger partial charge in [0.2, 0.25) is 0 Å². The van der Waals surface area contributed by atoms with Crippen molar-refractivity contribution in [3.63, 3.8) is 0 Å². The molecule has 0 aromatic heterocycles. The lowest BCUT2D eigenvalue weighted by molar-refractivity contribution is -0.141. The third kappa shape index (κ3) is 4.17. The first-order chi connectivity index (χ1) is 11.5. The first kappa shape index (κ1) is 17.6. The maximum atomic E-state index is 14.2. The number of carbonyl (C=O) groups is 1. The van der Waals surface area contributed by atoms with Gasteiger partial charge < -0.3 is 4.74 Å². The molecule has 0 saturated heterocycles. The highest BCUT2D eigenvalue weighted by molar-refractivity contribution is 5.65. The molecule has 0 radical (unpaired) electrons. The number of halogens is 2. The minimum absolute atomic E-state index is 0.0151. The number of benzene rings is 2. The lowest BCUT2D eigenvalue weighted by Gasteiger charge is -2.23. The van der Waals surface area contributed by atoms with Crippen molar-refractivity contribution < 1.29 is 18.3 Å². The fourth-order valence-corrected chi connectivity index (χ4v) is 2.73. The number of nitriles is 1. The van der Waals surface area contributed by atoms with Crippen molar-refractivity contribution in [2.75, 3.05) is 6.61 Å². The zero-order valence-electron chi connectivity index (χ0n) is 13.2. The highest BCUT2D eigenvalue weighted by Crippen LogP contribution is 2.37. The SMILES string of the molecule is CC(=O)OCCC(c1c(F)cccc1F)C(C#N)c1ccccc1. The summed E-state index contributed by atoms with van der Waals surface area (Å²) in [5, 5.41) is 9.60. The topological polar surface area (TPSA) is 50.1 Å². The molecule has 2 atom stereocenters. The summed E-state index contributed by atoms with van der Waals surface area (Å²) < 4.78 is 33.4. The lowest BCUT2D eigenvalue weighted by Crippen LogP contribution is -2.16. The quantitative estimate of drug-likeness (QED) is 0.742. The average molecular weight is 329 g/mol. The molecule has 0 fully saturated rings. The van der Waals surface area contributed by atoms with E-state index in [1.165, 1.54) is 13.0 Å². The van der Waals surface area contributed by atoms with Gasteiger partial charge >= 0.3 is 5.97 Å². The monoisotopic (exact) mass is 329 g/mol. The molecule has 0 aliphatic heterocycles. The van der Waals surface area contributed by atoms with E-state index in [-0.39, 0.29) is 18.6 Å². The number of ether oxygens (including phenoxy) is 1. The summed E-state index contributed by atoms with van der Waals surface area (Å²) >= 11 is 0.